The first-order valence-electron chi connectivity index (χ1n) is 4.29. The normalized spacial score (nSPS) is 11.1. The summed E-state index contributed by atoms with van der Waals surface area (Å²) < 4.78 is 0. The number of carbonyl (C=O) groups excluding carboxylic acids is 1. The van der Waals surface area contributed by atoms with Crippen LogP contribution in [-0.4, -0.2) is 15.9 Å². The van der Waals surface area contributed by atoms with Crippen molar-refractivity contribution in [2.75, 3.05) is 0 Å². The van der Waals surface area contributed by atoms with Gasteiger partial charge in [-0.25, -0.2) is 15.8 Å². The highest BCUT2D eigenvalue weighted by molar-refractivity contribution is 5.91. The second-order valence-corrected chi connectivity index (χ2v) is 3.99. The molecule has 0 spiro atoms. The van der Waals surface area contributed by atoms with Crippen LogP contribution in [0.4, 0.5) is 0 Å². The van der Waals surface area contributed by atoms with Crippen LogP contribution in [0.25, 0.3) is 0 Å². The lowest BCUT2D eigenvalue weighted by Crippen LogP contribution is -2.31. The minimum Gasteiger partial charge on any atom is -0.289 e. The molecule has 5 heteroatoms. The highest BCUT2D eigenvalue weighted by Crippen LogP contribution is 2.17. The second kappa shape index (κ2) is 3.71. The van der Waals surface area contributed by atoms with Crippen LogP contribution in [0.2, 0.25) is 0 Å². The van der Waals surface area contributed by atoms with Crippen molar-refractivity contribution in [3.8, 4) is 0 Å². The van der Waals surface area contributed by atoms with Gasteiger partial charge in [-0.3, -0.25) is 10.2 Å². The SMILES string of the molecule is CC(C)(C)c1nccc(C(=O)NN)n1. The van der Waals surface area contributed by atoms with Gasteiger partial charge in [-0.15, -0.1) is 0 Å². The highest BCUT2D eigenvalue weighted by atomic mass is 16.2. The summed E-state index contributed by atoms with van der Waals surface area (Å²) in [7, 11) is 0. The van der Waals surface area contributed by atoms with Gasteiger partial charge in [0.25, 0.3) is 5.91 Å². The standard InChI is InChI=1S/C9H14N4O/c1-9(2,3)8-11-5-4-6(12-8)7(14)13-10/h4-5H,10H2,1-3H3,(H,13,14). The zero-order valence-corrected chi connectivity index (χ0v) is 8.53. The minimum absolute atomic E-state index is 0.176. The number of amides is 1. The van der Waals surface area contributed by atoms with Crippen molar-refractivity contribution in [1.82, 2.24) is 15.4 Å². The number of rotatable bonds is 1. The number of nitrogens with one attached hydrogen (secondary N) is 1. The summed E-state index contributed by atoms with van der Waals surface area (Å²) in [6.07, 6.45) is 1.55. The van der Waals surface area contributed by atoms with E-state index in [1.807, 2.05) is 26.2 Å². The molecule has 1 amide bonds. The van der Waals surface area contributed by atoms with E-state index in [2.05, 4.69) is 9.97 Å². The molecular formula is C9H14N4O. The van der Waals surface area contributed by atoms with Crippen LogP contribution >= 0.6 is 0 Å². The van der Waals surface area contributed by atoms with E-state index in [0.29, 0.717) is 5.82 Å². The van der Waals surface area contributed by atoms with Crippen LogP contribution in [-0.2, 0) is 5.41 Å². The van der Waals surface area contributed by atoms with Gasteiger partial charge in [-0.2, -0.15) is 0 Å². The third-order valence-corrected chi connectivity index (χ3v) is 1.69. The van der Waals surface area contributed by atoms with E-state index < -0.39 is 5.91 Å². The molecule has 1 aromatic rings. The van der Waals surface area contributed by atoms with Gasteiger partial charge in [0.15, 0.2) is 0 Å². The van der Waals surface area contributed by atoms with Gasteiger partial charge >= 0.3 is 0 Å². The van der Waals surface area contributed by atoms with E-state index in [4.69, 9.17) is 5.84 Å². The maximum absolute atomic E-state index is 11.2. The predicted octanol–water partition coefficient (Wildman–Crippen LogP) is 0.378. The molecule has 76 valence electrons. The molecule has 0 fully saturated rings. The fourth-order valence-electron chi connectivity index (χ4n) is 0.920. The maximum Gasteiger partial charge on any atom is 0.283 e. The van der Waals surface area contributed by atoms with Crippen molar-refractivity contribution in [3.05, 3.63) is 23.8 Å². The predicted molar refractivity (Wildman–Crippen MR) is 52.4 cm³/mol. The quantitative estimate of drug-likeness (QED) is 0.384. The number of hydrazine groups is 1. The molecule has 1 heterocycles. The fraction of sp³-hybridized carbons (Fsp3) is 0.444. The smallest absolute Gasteiger partial charge is 0.283 e. The molecule has 1 aromatic heterocycles. The van der Waals surface area contributed by atoms with Crippen LogP contribution in [0, 0.1) is 0 Å². The van der Waals surface area contributed by atoms with E-state index in [9.17, 15) is 4.79 Å². The molecule has 0 aromatic carbocycles. The summed E-state index contributed by atoms with van der Waals surface area (Å²) in [6, 6.07) is 1.53. The molecule has 0 aliphatic carbocycles. The first-order chi connectivity index (χ1) is 6.45. The third kappa shape index (κ3) is 2.26. The molecule has 0 radical (unpaired) electrons. The highest BCUT2D eigenvalue weighted by Gasteiger charge is 2.18. The van der Waals surface area contributed by atoms with Crippen molar-refractivity contribution in [3.63, 3.8) is 0 Å². The lowest BCUT2D eigenvalue weighted by atomic mass is 9.95. The van der Waals surface area contributed by atoms with Gasteiger partial charge in [0.05, 0.1) is 0 Å². The zero-order valence-electron chi connectivity index (χ0n) is 8.53. The Morgan fingerprint density at radius 2 is 2.14 bits per heavy atom. The van der Waals surface area contributed by atoms with Crippen molar-refractivity contribution in [1.29, 1.82) is 0 Å². The Morgan fingerprint density at radius 3 is 2.64 bits per heavy atom. The number of nitrogen functional groups attached to an aromatic ring is 1. The molecule has 0 saturated heterocycles. The van der Waals surface area contributed by atoms with Crippen LogP contribution in [0.3, 0.4) is 0 Å². The maximum atomic E-state index is 11.2. The van der Waals surface area contributed by atoms with Crippen LogP contribution in [0.5, 0.6) is 0 Å². The van der Waals surface area contributed by atoms with Gasteiger partial charge in [0.1, 0.15) is 11.5 Å². The van der Waals surface area contributed by atoms with Gasteiger partial charge in [0, 0.05) is 11.6 Å². The topological polar surface area (TPSA) is 80.9 Å². The van der Waals surface area contributed by atoms with Crippen LogP contribution in [0.15, 0.2) is 12.3 Å². The lowest BCUT2D eigenvalue weighted by molar-refractivity contribution is 0.0948. The average molecular weight is 194 g/mol. The van der Waals surface area contributed by atoms with Crippen molar-refractivity contribution in [2.24, 2.45) is 5.84 Å². The Balaban J connectivity index is 3.08. The monoisotopic (exact) mass is 194 g/mol. The molecule has 1 rings (SSSR count). The van der Waals surface area contributed by atoms with Crippen LogP contribution in [0.1, 0.15) is 37.1 Å². The summed E-state index contributed by atoms with van der Waals surface area (Å²) >= 11 is 0. The Labute approximate surface area is 82.7 Å². The Bertz CT molecular complexity index is 343. The first kappa shape index (κ1) is 10.6. The van der Waals surface area contributed by atoms with E-state index in [0.717, 1.165) is 0 Å². The lowest BCUT2D eigenvalue weighted by Gasteiger charge is -2.16. The van der Waals surface area contributed by atoms with Gasteiger partial charge < -0.3 is 0 Å². The second-order valence-electron chi connectivity index (χ2n) is 3.99. The van der Waals surface area contributed by atoms with Gasteiger partial charge in [0.2, 0.25) is 0 Å². The van der Waals surface area contributed by atoms with E-state index in [1.165, 1.54) is 6.07 Å². The first-order valence-corrected chi connectivity index (χ1v) is 4.29. The summed E-state index contributed by atoms with van der Waals surface area (Å²) in [5.41, 5.74) is 2.14. The fourth-order valence-corrected chi connectivity index (χ4v) is 0.920. The number of nitrogens with zero attached hydrogens (tertiary/aromatic N) is 2. The largest absolute Gasteiger partial charge is 0.289 e. The zero-order chi connectivity index (χ0) is 10.8. The van der Waals surface area contributed by atoms with E-state index >= 15 is 0 Å². The minimum atomic E-state index is -0.405. The van der Waals surface area contributed by atoms with Crippen molar-refractivity contribution < 1.29 is 4.79 Å². The summed E-state index contributed by atoms with van der Waals surface area (Å²) in [5, 5.41) is 0. The number of nitrogens with two attached hydrogens (primary N) is 1. The van der Waals surface area contributed by atoms with E-state index in [-0.39, 0.29) is 11.1 Å². The Kier molecular flexibility index (Phi) is 2.81. The average Bonchev–Trinajstić information content (AvgIpc) is 2.15. The molecule has 0 saturated carbocycles. The molecule has 0 atom stereocenters. The summed E-state index contributed by atoms with van der Waals surface area (Å²) in [6.45, 7) is 5.94. The molecule has 14 heavy (non-hydrogen) atoms. The number of aromatic nitrogens is 2. The third-order valence-electron chi connectivity index (χ3n) is 1.69. The number of hydrogen-bond acceptors (Lipinski definition) is 4. The summed E-state index contributed by atoms with van der Waals surface area (Å²) in [5.74, 6) is 5.22. The summed E-state index contributed by atoms with van der Waals surface area (Å²) in [4.78, 5) is 19.4. The Hall–Kier alpha value is -1.49. The Morgan fingerprint density at radius 1 is 1.50 bits per heavy atom. The molecule has 0 bridgehead atoms. The number of hydrogen-bond donors (Lipinski definition) is 2. The van der Waals surface area contributed by atoms with Crippen LogP contribution < -0.4 is 11.3 Å². The molecule has 0 aliphatic rings. The molecule has 5 nitrogen and oxygen atoms in total. The molecule has 3 N–H and O–H groups in total. The molecule has 0 aliphatic heterocycles. The molecular weight excluding hydrogens is 180 g/mol. The van der Waals surface area contributed by atoms with E-state index in [1.54, 1.807) is 6.20 Å². The number of carbonyl (C=O) groups is 1. The van der Waals surface area contributed by atoms with Crippen molar-refractivity contribution in [2.45, 2.75) is 26.2 Å². The van der Waals surface area contributed by atoms with Gasteiger partial charge in [-0.05, 0) is 6.07 Å². The van der Waals surface area contributed by atoms with Crippen molar-refractivity contribution >= 4 is 5.91 Å². The molecule has 0 unspecified atom stereocenters. The van der Waals surface area contributed by atoms with Gasteiger partial charge in [-0.1, -0.05) is 20.8 Å².